The highest BCUT2D eigenvalue weighted by molar-refractivity contribution is 5.19. The van der Waals surface area contributed by atoms with Crippen LogP contribution in [0.15, 0.2) is 30.3 Å². The van der Waals surface area contributed by atoms with E-state index in [1.54, 1.807) is 5.56 Å². The van der Waals surface area contributed by atoms with E-state index >= 15 is 0 Å². The molecule has 0 aliphatic heterocycles. The molecule has 0 heterocycles. The molecule has 0 aromatic heterocycles. The molecule has 0 bridgehead atoms. The van der Waals surface area contributed by atoms with Crippen LogP contribution in [0.3, 0.4) is 0 Å². The van der Waals surface area contributed by atoms with E-state index in [4.69, 9.17) is 5.73 Å². The number of hydrogen-bond acceptors (Lipinski definition) is 2. The number of rotatable bonds is 21. The van der Waals surface area contributed by atoms with Crippen molar-refractivity contribution in [2.75, 3.05) is 19.6 Å². The van der Waals surface area contributed by atoms with E-state index in [9.17, 15) is 0 Å². The number of nitrogens with two attached hydrogens (primary N) is 1. The molecule has 0 radical (unpaired) electrons. The second-order valence-corrected chi connectivity index (χ2v) is 8.82. The minimum atomic E-state index is 0.780. The van der Waals surface area contributed by atoms with Crippen molar-refractivity contribution < 1.29 is 0 Å². The maximum absolute atomic E-state index is 5.51. The molecular formula is C27H50N2. The summed E-state index contributed by atoms with van der Waals surface area (Å²) in [5.74, 6) is 0.780. The van der Waals surface area contributed by atoms with Gasteiger partial charge in [0.2, 0.25) is 0 Å². The average molecular weight is 403 g/mol. The van der Waals surface area contributed by atoms with Gasteiger partial charge in [0.05, 0.1) is 0 Å². The van der Waals surface area contributed by atoms with E-state index in [1.807, 2.05) is 0 Å². The lowest BCUT2D eigenvalue weighted by molar-refractivity contribution is 0.484. The molecule has 1 rings (SSSR count). The van der Waals surface area contributed by atoms with E-state index < -0.39 is 0 Å². The van der Waals surface area contributed by atoms with Crippen LogP contribution >= 0.6 is 0 Å². The minimum absolute atomic E-state index is 0.780. The second kappa shape index (κ2) is 20.4. The summed E-state index contributed by atoms with van der Waals surface area (Å²) in [6.45, 7) is 5.35. The molecule has 0 amide bonds. The number of unbranched alkanes of at least 4 members (excludes halogenated alkanes) is 11. The molecular weight excluding hydrogens is 352 g/mol. The van der Waals surface area contributed by atoms with E-state index in [2.05, 4.69) is 42.6 Å². The first-order valence-electron chi connectivity index (χ1n) is 12.8. The lowest BCUT2D eigenvalue weighted by atomic mass is 9.88. The van der Waals surface area contributed by atoms with Crippen molar-refractivity contribution in [1.29, 1.82) is 0 Å². The third-order valence-electron chi connectivity index (χ3n) is 6.14. The molecule has 0 spiro atoms. The normalized spacial score (nSPS) is 12.3. The number of nitrogens with one attached hydrogen (secondary N) is 1. The van der Waals surface area contributed by atoms with Crippen LogP contribution in [0.25, 0.3) is 0 Å². The molecule has 1 aromatic rings. The van der Waals surface area contributed by atoms with Crippen molar-refractivity contribution in [3.05, 3.63) is 35.9 Å². The second-order valence-electron chi connectivity index (χ2n) is 8.82. The zero-order valence-electron chi connectivity index (χ0n) is 19.5. The van der Waals surface area contributed by atoms with Crippen LogP contribution in [0.4, 0.5) is 0 Å². The van der Waals surface area contributed by atoms with Crippen LogP contribution in [-0.4, -0.2) is 19.6 Å². The van der Waals surface area contributed by atoms with Crippen LogP contribution in [0, 0.1) is 0 Å². The number of hydrogen-bond donors (Lipinski definition) is 2. The highest BCUT2D eigenvalue weighted by Gasteiger charge is 2.10. The van der Waals surface area contributed by atoms with Crippen molar-refractivity contribution in [1.82, 2.24) is 5.32 Å². The fourth-order valence-corrected chi connectivity index (χ4v) is 4.25. The fraction of sp³-hybridized carbons (Fsp3) is 0.778. The van der Waals surface area contributed by atoms with Gasteiger partial charge < -0.3 is 11.1 Å². The highest BCUT2D eigenvalue weighted by atomic mass is 14.8. The Morgan fingerprint density at radius 3 is 1.76 bits per heavy atom. The van der Waals surface area contributed by atoms with Gasteiger partial charge in [-0.2, -0.15) is 0 Å². The third kappa shape index (κ3) is 15.6. The van der Waals surface area contributed by atoms with Crippen molar-refractivity contribution >= 4 is 0 Å². The maximum Gasteiger partial charge on any atom is -0.00369 e. The summed E-state index contributed by atoms with van der Waals surface area (Å²) < 4.78 is 0. The summed E-state index contributed by atoms with van der Waals surface area (Å²) in [7, 11) is 0. The van der Waals surface area contributed by atoms with Gasteiger partial charge in [-0.3, -0.25) is 0 Å². The van der Waals surface area contributed by atoms with Crippen molar-refractivity contribution in [3.63, 3.8) is 0 Å². The third-order valence-corrected chi connectivity index (χ3v) is 6.14. The van der Waals surface area contributed by atoms with Crippen LogP contribution in [0.1, 0.15) is 121 Å². The summed E-state index contributed by atoms with van der Waals surface area (Å²) in [4.78, 5) is 0. The Bertz CT molecular complexity index is 431. The standard InChI is InChI=1S/C27H50N2/c1-2-3-4-5-9-13-19-26(27-21-15-12-16-22-27)20-14-10-7-6-8-11-17-24-29-25-18-23-28/h12,15-16,21-22,26,29H,2-11,13-14,17-20,23-25,28H2,1H3. The molecule has 3 N–H and O–H groups in total. The molecule has 0 saturated carbocycles. The topological polar surface area (TPSA) is 38.0 Å². The predicted molar refractivity (Wildman–Crippen MR) is 131 cm³/mol. The lowest BCUT2D eigenvalue weighted by Crippen LogP contribution is -2.19. The Labute approximate surface area is 182 Å². The Morgan fingerprint density at radius 1 is 0.655 bits per heavy atom. The molecule has 0 aliphatic carbocycles. The predicted octanol–water partition coefficient (Wildman–Crippen LogP) is 7.58. The van der Waals surface area contributed by atoms with E-state index in [0.29, 0.717) is 0 Å². The fourth-order valence-electron chi connectivity index (χ4n) is 4.25. The quantitative estimate of drug-likeness (QED) is 0.208. The van der Waals surface area contributed by atoms with Gasteiger partial charge >= 0.3 is 0 Å². The zero-order chi connectivity index (χ0) is 20.8. The molecule has 0 aliphatic rings. The monoisotopic (exact) mass is 402 g/mol. The van der Waals surface area contributed by atoms with Crippen molar-refractivity contribution in [3.8, 4) is 0 Å². The lowest BCUT2D eigenvalue weighted by Gasteiger charge is -2.17. The van der Waals surface area contributed by atoms with Gasteiger partial charge in [-0.15, -0.1) is 0 Å². The van der Waals surface area contributed by atoms with Crippen LogP contribution < -0.4 is 11.1 Å². The Hall–Kier alpha value is -0.860. The Kier molecular flexibility index (Phi) is 18.4. The van der Waals surface area contributed by atoms with Crippen molar-refractivity contribution in [2.24, 2.45) is 5.73 Å². The summed E-state index contributed by atoms with van der Waals surface area (Å²) in [5.41, 5.74) is 7.08. The first kappa shape index (κ1) is 26.2. The molecule has 1 unspecified atom stereocenters. The Morgan fingerprint density at radius 2 is 1.17 bits per heavy atom. The Balaban J connectivity index is 2.08. The molecule has 1 atom stereocenters. The van der Waals surface area contributed by atoms with E-state index in [1.165, 1.54) is 96.3 Å². The van der Waals surface area contributed by atoms with E-state index in [0.717, 1.165) is 32.0 Å². The first-order valence-corrected chi connectivity index (χ1v) is 12.8. The average Bonchev–Trinajstić information content (AvgIpc) is 2.76. The summed E-state index contributed by atoms with van der Waals surface area (Å²) in [5, 5.41) is 3.48. The first-order chi connectivity index (χ1) is 14.4. The summed E-state index contributed by atoms with van der Waals surface area (Å²) in [6, 6.07) is 11.3. The molecule has 1 aromatic carbocycles. The van der Waals surface area contributed by atoms with Gasteiger partial charge in [0.25, 0.3) is 0 Å². The molecule has 2 heteroatoms. The van der Waals surface area contributed by atoms with Crippen LogP contribution in [0.5, 0.6) is 0 Å². The molecule has 0 fully saturated rings. The highest BCUT2D eigenvalue weighted by Crippen LogP contribution is 2.28. The van der Waals surface area contributed by atoms with Crippen LogP contribution in [-0.2, 0) is 0 Å². The van der Waals surface area contributed by atoms with Crippen LogP contribution in [0.2, 0.25) is 0 Å². The largest absolute Gasteiger partial charge is 0.330 e. The molecule has 0 saturated heterocycles. The zero-order valence-corrected chi connectivity index (χ0v) is 19.5. The smallest absolute Gasteiger partial charge is 0.00369 e. The summed E-state index contributed by atoms with van der Waals surface area (Å²) in [6.07, 6.45) is 22.0. The molecule has 168 valence electrons. The summed E-state index contributed by atoms with van der Waals surface area (Å²) >= 11 is 0. The van der Waals surface area contributed by atoms with Gasteiger partial charge in [0, 0.05) is 0 Å². The SMILES string of the molecule is CCCCCCCCC(CCCCCCCCCNCCCN)c1ccccc1. The van der Waals surface area contributed by atoms with Gasteiger partial charge in [-0.25, -0.2) is 0 Å². The van der Waals surface area contributed by atoms with Gasteiger partial charge in [0.1, 0.15) is 0 Å². The van der Waals surface area contributed by atoms with Gasteiger partial charge in [-0.1, -0.05) is 114 Å². The maximum atomic E-state index is 5.51. The minimum Gasteiger partial charge on any atom is -0.330 e. The van der Waals surface area contributed by atoms with Gasteiger partial charge in [-0.05, 0) is 56.8 Å². The van der Waals surface area contributed by atoms with Gasteiger partial charge in [0.15, 0.2) is 0 Å². The molecule has 29 heavy (non-hydrogen) atoms. The van der Waals surface area contributed by atoms with E-state index in [-0.39, 0.29) is 0 Å². The number of benzene rings is 1. The van der Waals surface area contributed by atoms with Crippen molar-refractivity contribution in [2.45, 2.75) is 116 Å². The molecule has 2 nitrogen and oxygen atoms in total.